The number of rotatable bonds is 11. The van der Waals surface area contributed by atoms with Gasteiger partial charge in [0.05, 0.1) is 19.1 Å². The number of halogens is 2. The summed E-state index contributed by atoms with van der Waals surface area (Å²) < 4.78 is 66.4. The number of aliphatic hydroxyl groups is 1. The van der Waals surface area contributed by atoms with Crippen molar-refractivity contribution in [2.24, 2.45) is 0 Å². The Bertz CT molecular complexity index is 1440. The molecule has 1 unspecified atom stereocenters. The second-order valence-corrected chi connectivity index (χ2v) is 12.3. The number of nitrogens with one attached hydrogen (secondary N) is 1. The predicted molar refractivity (Wildman–Crippen MR) is 150 cm³/mol. The summed E-state index contributed by atoms with van der Waals surface area (Å²) in [5, 5.41) is 13.1. The fraction of sp³-hybridized carbons (Fsp3) is 0.414. The van der Waals surface area contributed by atoms with Gasteiger partial charge in [-0.1, -0.05) is 30.3 Å². The van der Waals surface area contributed by atoms with Crippen molar-refractivity contribution in [2.75, 3.05) is 6.61 Å². The molecule has 1 saturated heterocycles. The number of carbonyl (C=O) groups is 3. The van der Waals surface area contributed by atoms with Gasteiger partial charge in [-0.25, -0.2) is 13.3 Å². The van der Waals surface area contributed by atoms with Gasteiger partial charge in [-0.2, -0.15) is 5.09 Å². The van der Waals surface area contributed by atoms with E-state index >= 15 is 8.78 Å². The summed E-state index contributed by atoms with van der Waals surface area (Å²) in [6.07, 6.45) is -3.79. The number of benzene rings is 2. The van der Waals surface area contributed by atoms with Crippen LogP contribution in [0, 0.1) is 5.82 Å². The van der Waals surface area contributed by atoms with Crippen LogP contribution < -0.4 is 9.61 Å². The zero-order valence-corrected chi connectivity index (χ0v) is 24.8. The van der Waals surface area contributed by atoms with Crippen molar-refractivity contribution < 1.29 is 51.4 Å². The first-order valence-electron chi connectivity index (χ1n) is 13.5. The quantitative estimate of drug-likeness (QED) is 0.214. The maximum Gasteiger partial charge on any atom is 0.459 e. The Labute approximate surface area is 247 Å². The summed E-state index contributed by atoms with van der Waals surface area (Å²) in [5.74, 6) is -2.89. The van der Waals surface area contributed by atoms with Gasteiger partial charge in [-0.15, -0.1) is 0 Å². The number of allylic oxidation sites excluding steroid dienone is 1. The number of alkyl halides is 1. The minimum Gasteiger partial charge on any atom is -0.462 e. The highest BCUT2D eigenvalue weighted by Gasteiger charge is 2.57. The lowest BCUT2D eigenvalue weighted by Gasteiger charge is -2.32. The molecule has 2 heterocycles. The number of hydrogen-bond donors (Lipinski definition) is 2. The van der Waals surface area contributed by atoms with Crippen LogP contribution >= 0.6 is 7.75 Å². The third kappa shape index (κ3) is 7.54. The van der Waals surface area contributed by atoms with Gasteiger partial charge in [-0.3, -0.25) is 23.8 Å². The van der Waals surface area contributed by atoms with Gasteiger partial charge < -0.3 is 19.1 Å². The van der Waals surface area contributed by atoms with Gasteiger partial charge in [0.25, 0.3) is 0 Å². The molecule has 2 aromatic rings. The molecule has 2 aliphatic rings. The number of aliphatic hydroxyl groups excluding tert-OH is 1. The molecule has 1 fully saturated rings. The smallest absolute Gasteiger partial charge is 0.459 e. The Kier molecular flexibility index (Phi) is 9.83. The van der Waals surface area contributed by atoms with Crippen LogP contribution in [0.4, 0.5) is 8.78 Å². The van der Waals surface area contributed by atoms with Crippen LogP contribution in [0.5, 0.6) is 5.75 Å². The van der Waals surface area contributed by atoms with Crippen molar-refractivity contribution >= 4 is 25.4 Å². The van der Waals surface area contributed by atoms with Crippen molar-refractivity contribution in [1.29, 1.82) is 0 Å². The molecule has 6 atom stereocenters. The van der Waals surface area contributed by atoms with E-state index in [9.17, 15) is 24.1 Å². The number of nitrogens with zero attached hydrogens (tertiary/aromatic N) is 1. The first kappa shape index (κ1) is 32.4. The molecule has 0 bridgehead atoms. The maximum atomic E-state index is 15.6. The summed E-state index contributed by atoms with van der Waals surface area (Å²) >= 11 is 0. The molecule has 0 spiro atoms. The van der Waals surface area contributed by atoms with Crippen LogP contribution in [0.1, 0.15) is 34.1 Å². The standard InChI is InChI=1S/C29H33F2N2O9P/c1-17(2)40-27(37)18(3)32-43(38,42-21-10-11-22(23(30)15-21)19-8-6-5-7-9-19)39-16-24-26(36)29(4,31)28(41-24)33-13-12-20(34)14-25(33)35/h5-13,15,17-18,24,26,28,36H,14,16H2,1-4H3,(H,32,38)/t18-,24+,26+,28+,29+,43?/m0/s1. The Balaban J connectivity index is 1.55. The van der Waals surface area contributed by atoms with Gasteiger partial charge in [0, 0.05) is 17.8 Å². The van der Waals surface area contributed by atoms with Gasteiger partial charge in [0.1, 0.15) is 29.8 Å². The van der Waals surface area contributed by atoms with Crippen molar-refractivity contribution in [3.63, 3.8) is 0 Å². The summed E-state index contributed by atoms with van der Waals surface area (Å²) in [7, 11) is -4.56. The molecule has 14 heteroatoms. The van der Waals surface area contributed by atoms with Gasteiger partial charge >= 0.3 is 13.7 Å². The second kappa shape index (κ2) is 13.0. The number of carbonyl (C=O) groups excluding carboxylic acids is 3. The number of ether oxygens (including phenoxy) is 2. The molecule has 1 amide bonds. The molecule has 2 aromatic carbocycles. The number of hydrogen-bond acceptors (Lipinski definition) is 9. The predicted octanol–water partition coefficient (Wildman–Crippen LogP) is 4.06. The molecule has 0 radical (unpaired) electrons. The Morgan fingerprint density at radius 2 is 1.91 bits per heavy atom. The van der Waals surface area contributed by atoms with E-state index in [0.717, 1.165) is 30.2 Å². The normalized spacial score (nSPS) is 26.0. The lowest BCUT2D eigenvalue weighted by molar-refractivity contribution is -0.150. The van der Waals surface area contributed by atoms with Crippen LogP contribution in [0.3, 0.4) is 0 Å². The monoisotopic (exact) mass is 622 g/mol. The lowest BCUT2D eigenvalue weighted by atomic mass is 9.97. The molecule has 43 heavy (non-hydrogen) atoms. The minimum absolute atomic E-state index is 0.216. The van der Waals surface area contributed by atoms with Crippen LogP contribution in [-0.2, 0) is 32.9 Å². The SMILES string of the molecule is CC(C)OC(=O)[C@H](C)NP(=O)(OC[C@H]1O[C@@H](N2C=CC(=O)CC2=O)[C@](C)(F)[C@@H]1O)Oc1ccc(-c2ccccc2)c(F)c1. The van der Waals surface area contributed by atoms with Crippen LogP contribution in [-0.4, -0.2) is 70.5 Å². The van der Waals surface area contributed by atoms with Crippen LogP contribution in [0.2, 0.25) is 0 Å². The molecular formula is C29H33F2N2O9P. The lowest BCUT2D eigenvalue weighted by Crippen LogP contribution is -2.51. The summed E-state index contributed by atoms with van der Waals surface area (Å²) in [5.41, 5.74) is -1.67. The number of esters is 1. The van der Waals surface area contributed by atoms with E-state index in [1.807, 2.05) is 0 Å². The van der Waals surface area contributed by atoms with Crippen LogP contribution in [0.15, 0.2) is 60.8 Å². The number of amides is 1. The average Bonchev–Trinajstić information content (AvgIpc) is 3.15. The fourth-order valence-electron chi connectivity index (χ4n) is 4.53. The highest BCUT2D eigenvalue weighted by Crippen LogP contribution is 2.47. The van der Waals surface area contributed by atoms with E-state index in [0.29, 0.717) is 5.56 Å². The Morgan fingerprint density at radius 1 is 1.21 bits per heavy atom. The second-order valence-electron chi connectivity index (χ2n) is 10.6. The molecule has 232 valence electrons. The van der Waals surface area contributed by atoms with E-state index in [1.54, 1.807) is 44.2 Å². The minimum atomic E-state index is -4.56. The maximum absolute atomic E-state index is 15.6. The van der Waals surface area contributed by atoms with E-state index in [-0.39, 0.29) is 11.3 Å². The largest absolute Gasteiger partial charge is 0.462 e. The first-order valence-corrected chi connectivity index (χ1v) is 15.1. The van der Waals surface area contributed by atoms with Crippen molar-refractivity contribution in [3.05, 3.63) is 66.6 Å². The third-order valence-electron chi connectivity index (χ3n) is 6.72. The van der Waals surface area contributed by atoms with Crippen molar-refractivity contribution in [1.82, 2.24) is 9.99 Å². The molecular weight excluding hydrogens is 589 g/mol. The van der Waals surface area contributed by atoms with E-state index in [1.165, 1.54) is 19.1 Å². The fourth-order valence-corrected chi connectivity index (χ4v) is 6.03. The highest BCUT2D eigenvalue weighted by atomic mass is 31.2. The van der Waals surface area contributed by atoms with E-state index in [2.05, 4.69) is 5.09 Å². The van der Waals surface area contributed by atoms with Gasteiger partial charge in [0.2, 0.25) is 5.91 Å². The third-order valence-corrected chi connectivity index (χ3v) is 8.36. The van der Waals surface area contributed by atoms with Gasteiger partial charge in [-0.05, 0) is 51.5 Å². The molecule has 0 aliphatic carbocycles. The van der Waals surface area contributed by atoms with E-state index < -0.39 is 80.5 Å². The van der Waals surface area contributed by atoms with Gasteiger partial charge in [0.15, 0.2) is 17.7 Å². The summed E-state index contributed by atoms with van der Waals surface area (Å²) in [6, 6.07) is 11.2. The molecule has 0 saturated carbocycles. The van der Waals surface area contributed by atoms with Crippen LogP contribution in [0.25, 0.3) is 11.1 Å². The van der Waals surface area contributed by atoms with E-state index in [4.69, 9.17) is 18.5 Å². The van der Waals surface area contributed by atoms with Crippen molar-refractivity contribution in [2.45, 2.75) is 70.4 Å². The first-order chi connectivity index (χ1) is 20.2. The number of ketones is 1. The zero-order valence-electron chi connectivity index (χ0n) is 23.9. The van der Waals surface area contributed by atoms with Crippen molar-refractivity contribution in [3.8, 4) is 16.9 Å². The molecule has 11 nitrogen and oxygen atoms in total. The average molecular weight is 623 g/mol. The Hall–Kier alpha value is -3.48. The Morgan fingerprint density at radius 3 is 2.53 bits per heavy atom. The molecule has 0 aromatic heterocycles. The highest BCUT2D eigenvalue weighted by molar-refractivity contribution is 7.52. The summed E-state index contributed by atoms with van der Waals surface area (Å²) in [4.78, 5) is 37.2. The summed E-state index contributed by atoms with van der Waals surface area (Å²) in [6.45, 7) is 4.86. The molecule has 2 N–H and O–H groups in total. The topological polar surface area (TPSA) is 141 Å². The molecule has 2 aliphatic heterocycles. The molecule has 4 rings (SSSR count). The zero-order chi connectivity index (χ0) is 31.5.